The van der Waals surface area contributed by atoms with Crippen molar-refractivity contribution in [1.82, 2.24) is 5.32 Å². The van der Waals surface area contributed by atoms with Crippen LogP contribution in [0.5, 0.6) is 0 Å². The molecule has 1 saturated carbocycles. The van der Waals surface area contributed by atoms with Gasteiger partial charge < -0.3 is 5.32 Å². The molecule has 0 heterocycles. The van der Waals surface area contributed by atoms with Crippen LogP contribution >= 0.6 is 11.6 Å². The lowest BCUT2D eigenvalue weighted by atomic mass is 10.1. The van der Waals surface area contributed by atoms with E-state index in [1.165, 1.54) is 0 Å². The van der Waals surface area contributed by atoms with Gasteiger partial charge in [-0.2, -0.15) is 0 Å². The van der Waals surface area contributed by atoms with Crippen LogP contribution in [0.1, 0.15) is 30.6 Å². The van der Waals surface area contributed by atoms with Crippen molar-refractivity contribution in [1.29, 1.82) is 0 Å². The Hall–Kier alpha value is -1.18. The highest BCUT2D eigenvalue weighted by molar-refractivity contribution is 7.89. The average molecular weight is 321 g/mol. The Morgan fingerprint density at radius 2 is 2.05 bits per heavy atom. The molecular formula is C12H14ClFN2O3S. The van der Waals surface area contributed by atoms with Crippen LogP contribution in [0.4, 0.5) is 4.39 Å². The summed E-state index contributed by atoms with van der Waals surface area (Å²) in [7, 11) is -4.29. The van der Waals surface area contributed by atoms with E-state index in [4.69, 9.17) is 16.7 Å². The van der Waals surface area contributed by atoms with Gasteiger partial charge in [0.1, 0.15) is 4.90 Å². The maximum atomic E-state index is 14.1. The van der Waals surface area contributed by atoms with Crippen LogP contribution in [-0.2, 0) is 10.0 Å². The molecule has 3 N–H and O–H groups in total. The van der Waals surface area contributed by atoms with Gasteiger partial charge in [-0.05, 0) is 24.0 Å². The zero-order chi connectivity index (χ0) is 15.3. The fourth-order valence-corrected chi connectivity index (χ4v) is 2.82. The van der Waals surface area contributed by atoms with Crippen LogP contribution in [-0.4, -0.2) is 20.4 Å². The maximum absolute atomic E-state index is 14.1. The largest absolute Gasteiger partial charge is 0.349 e. The van der Waals surface area contributed by atoms with Crippen molar-refractivity contribution < 1.29 is 17.6 Å². The van der Waals surface area contributed by atoms with Gasteiger partial charge in [-0.3, -0.25) is 4.79 Å². The predicted octanol–water partition coefficient (Wildman–Crippen LogP) is 1.65. The molecule has 0 radical (unpaired) electrons. The van der Waals surface area contributed by atoms with Gasteiger partial charge in [0, 0.05) is 11.1 Å². The SMILES string of the molecule is CC1(C)CC1NC(=O)c1cc(Cl)cc(S(N)(=O)=O)c1F. The molecule has 0 saturated heterocycles. The topological polar surface area (TPSA) is 89.3 Å². The molecule has 0 aliphatic heterocycles. The van der Waals surface area contributed by atoms with E-state index in [-0.39, 0.29) is 16.5 Å². The van der Waals surface area contributed by atoms with Crippen molar-refractivity contribution in [2.75, 3.05) is 0 Å². The van der Waals surface area contributed by atoms with Crippen molar-refractivity contribution in [2.45, 2.75) is 31.2 Å². The number of benzene rings is 1. The molecule has 110 valence electrons. The maximum Gasteiger partial charge on any atom is 0.254 e. The number of rotatable bonds is 3. The number of carbonyl (C=O) groups is 1. The molecule has 1 atom stereocenters. The number of primary sulfonamides is 1. The lowest BCUT2D eigenvalue weighted by molar-refractivity contribution is 0.0941. The number of halogens is 2. The van der Waals surface area contributed by atoms with Gasteiger partial charge in [0.15, 0.2) is 5.82 Å². The van der Waals surface area contributed by atoms with Crippen LogP contribution in [0.25, 0.3) is 0 Å². The standard InChI is InChI=1S/C12H14ClFN2O3S/c1-12(2)5-9(12)16-11(17)7-3-6(13)4-8(10(7)14)20(15,18)19/h3-4,9H,5H2,1-2H3,(H,16,17)(H2,15,18,19). The summed E-state index contributed by atoms with van der Waals surface area (Å²) in [5, 5.41) is 7.45. The first kappa shape index (κ1) is 15.2. The second-order valence-electron chi connectivity index (χ2n) is 5.53. The highest BCUT2D eigenvalue weighted by Gasteiger charge is 2.46. The lowest BCUT2D eigenvalue weighted by Gasteiger charge is -2.10. The molecule has 1 aromatic carbocycles. The van der Waals surface area contributed by atoms with E-state index >= 15 is 0 Å². The molecule has 1 aliphatic rings. The molecule has 1 unspecified atom stereocenters. The molecule has 0 bridgehead atoms. The number of hydrogen-bond donors (Lipinski definition) is 2. The van der Waals surface area contributed by atoms with E-state index in [1.54, 1.807) is 0 Å². The van der Waals surface area contributed by atoms with Crippen molar-refractivity contribution >= 4 is 27.5 Å². The quantitative estimate of drug-likeness (QED) is 0.887. The highest BCUT2D eigenvalue weighted by Crippen LogP contribution is 2.44. The van der Waals surface area contributed by atoms with Gasteiger partial charge in [0.05, 0.1) is 5.56 Å². The van der Waals surface area contributed by atoms with Gasteiger partial charge in [-0.25, -0.2) is 17.9 Å². The van der Waals surface area contributed by atoms with Gasteiger partial charge in [0.25, 0.3) is 5.91 Å². The van der Waals surface area contributed by atoms with Crippen molar-refractivity contribution in [3.63, 3.8) is 0 Å². The zero-order valence-corrected chi connectivity index (χ0v) is 12.5. The molecule has 1 fully saturated rings. The van der Waals surface area contributed by atoms with Crippen LogP contribution in [0.15, 0.2) is 17.0 Å². The van der Waals surface area contributed by atoms with Crippen molar-refractivity contribution in [3.8, 4) is 0 Å². The Balaban J connectivity index is 2.37. The molecule has 20 heavy (non-hydrogen) atoms. The molecule has 5 nitrogen and oxygen atoms in total. The van der Waals surface area contributed by atoms with Crippen LogP contribution in [0.3, 0.4) is 0 Å². The molecule has 0 aromatic heterocycles. The Morgan fingerprint density at radius 1 is 1.50 bits per heavy atom. The van der Waals surface area contributed by atoms with E-state index in [0.717, 1.165) is 18.6 Å². The number of sulfonamides is 1. The van der Waals surface area contributed by atoms with Gasteiger partial charge in [0.2, 0.25) is 10.0 Å². The van der Waals surface area contributed by atoms with Gasteiger partial charge in [-0.15, -0.1) is 0 Å². The predicted molar refractivity (Wildman–Crippen MR) is 72.4 cm³/mol. The Kier molecular flexibility index (Phi) is 3.56. The van der Waals surface area contributed by atoms with Crippen LogP contribution < -0.4 is 10.5 Å². The minimum Gasteiger partial charge on any atom is -0.349 e. The summed E-state index contributed by atoms with van der Waals surface area (Å²) in [6.45, 7) is 3.92. The number of amides is 1. The van der Waals surface area contributed by atoms with E-state index in [1.807, 2.05) is 13.8 Å². The smallest absolute Gasteiger partial charge is 0.254 e. The number of hydrogen-bond acceptors (Lipinski definition) is 3. The third-order valence-corrected chi connectivity index (χ3v) is 4.50. The number of nitrogens with one attached hydrogen (secondary N) is 1. The minimum atomic E-state index is -4.29. The Morgan fingerprint density at radius 3 is 2.50 bits per heavy atom. The fourth-order valence-electron chi connectivity index (χ4n) is 1.89. The highest BCUT2D eigenvalue weighted by atomic mass is 35.5. The molecule has 1 aliphatic carbocycles. The summed E-state index contributed by atoms with van der Waals surface area (Å²) in [5.74, 6) is -1.89. The normalized spacial score (nSPS) is 20.6. The molecule has 1 aromatic rings. The first-order valence-electron chi connectivity index (χ1n) is 5.85. The summed E-state index contributed by atoms with van der Waals surface area (Å²) in [6, 6.07) is 1.90. The van der Waals surface area contributed by atoms with E-state index in [0.29, 0.717) is 0 Å². The first-order valence-corrected chi connectivity index (χ1v) is 7.77. The Labute approximate surface area is 121 Å². The van der Waals surface area contributed by atoms with Gasteiger partial charge in [-0.1, -0.05) is 25.4 Å². The van der Waals surface area contributed by atoms with Gasteiger partial charge >= 0.3 is 0 Å². The van der Waals surface area contributed by atoms with Crippen molar-refractivity contribution in [2.24, 2.45) is 10.6 Å². The monoisotopic (exact) mass is 320 g/mol. The number of nitrogens with two attached hydrogens (primary N) is 1. The summed E-state index contributed by atoms with van der Waals surface area (Å²) < 4.78 is 36.6. The molecular weight excluding hydrogens is 307 g/mol. The number of carbonyl (C=O) groups excluding carboxylic acids is 1. The third kappa shape index (κ3) is 2.94. The summed E-state index contributed by atoms with van der Waals surface area (Å²) in [6.07, 6.45) is 0.781. The molecule has 8 heteroatoms. The zero-order valence-electron chi connectivity index (χ0n) is 10.9. The molecule has 1 amide bonds. The average Bonchev–Trinajstić information content (AvgIpc) is 2.87. The van der Waals surface area contributed by atoms with Crippen LogP contribution in [0, 0.1) is 11.2 Å². The second-order valence-corrected chi connectivity index (χ2v) is 7.50. The summed E-state index contributed by atoms with van der Waals surface area (Å²) in [5.41, 5.74) is -0.461. The fraction of sp³-hybridized carbons (Fsp3) is 0.417. The molecule has 0 spiro atoms. The van der Waals surface area contributed by atoms with E-state index < -0.39 is 32.2 Å². The van der Waals surface area contributed by atoms with E-state index in [9.17, 15) is 17.6 Å². The minimum absolute atomic E-state index is 0.0342. The molecule has 2 rings (SSSR count). The first-order chi connectivity index (χ1) is 9.02. The Bertz CT molecular complexity index is 688. The van der Waals surface area contributed by atoms with Crippen molar-refractivity contribution in [3.05, 3.63) is 28.5 Å². The second kappa shape index (κ2) is 4.68. The van der Waals surface area contributed by atoms with E-state index in [2.05, 4.69) is 5.32 Å². The summed E-state index contributed by atoms with van der Waals surface area (Å²) in [4.78, 5) is 11.2. The van der Waals surface area contributed by atoms with Crippen LogP contribution in [0.2, 0.25) is 5.02 Å². The third-order valence-electron chi connectivity index (χ3n) is 3.37. The summed E-state index contributed by atoms with van der Waals surface area (Å²) >= 11 is 5.71. The lowest BCUT2D eigenvalue weighted by Crippen LogP contribution is -2.29.